The zero-order valence-corrected chi connectivity index (χ0v) is 37.2. The van der Waals surface area contributed by atoms with Crippen molar-refractivity contribution in [1.82, 2.24) is 14.1 Å². The van der Waals surface area contributed by atoms with Gasteiger partial charge in [0.05, 0.1) is 0 Å². The van der Waals surface area contributed by atoms with Crippen LogP contribution < -0.4 is 9.64 Å². The van der Waals surface area contributed by atoms with Gasteiger partial charge in [0.15, 0.2) is 0 Å². The molecule has 6 aromatic carbocycles. The third-order valence-electron chi connectivity index (χ3n) is 12.1. The van der Waals surface area contributed by atoms with E-state index < -0.39 is 0 Å². The van der Waals surface area contributed by atoms with Crippen molar-refractivity contribution < 1.29 is 24.1 Å². The molecule has 60 heavy (non-hydrogen) atoms. The minimum atomic E-state index is -0.0603. The number of hydrogen-bond acceptors (Lipinski definition) is 3. The van der Waals surface area contributed by atoms with Gasteiger partial charge in [-0.1, -0.05) is 20.8 Å². The van der Waals surface area contributed by atoms with Gasteiger partial charge in [0, 0.05) is 6.20 Å². The summed E-state index contributed by atoms with van der Waals surface area (Å²) < 4.78 is 12.4. The molecule has 6 heteroatoms. The van der Waals surface area contributed by atoms with Crippen LogP contribution in [0.1, 0.15) is 70.6 Å². The average molecular weight is 964 g/mol. The fraction of sp³-hybridized carbons (Fsp3) is 0.222. The Morgan fingerprint density at radius 3 is 1.90 bits per heavy atom. The van der Waals surface area contributed by atoms with Crippen molar-refractivity contribution in [3.05, 3.63) is 178 Å². The Balaban J connectivity index is 1.09. The van der Waals surface area contributed by atoms with Crippen molar-refractivity contribution in [1.29, 1.82) is 0 Å². The van der Waals surface area contributed by atoms with Crippen LogP contribution in [0.15, 0.2) is 146 Å². The Morgan fingerprint density at radius 1 is 0.633 bits per heavy atom. The summed E-state index contributed by atoms with van der Waals surface area (Å²) in [6.07, 6.45) is 3.15. The van der Waals surface area contributed by atoms with Crippen molar-refractivity contribution in [2.45, 2.75) is 64.7 Å². The van der Waals surface area contributed by atoms with E-state index in [1.165, 1.54) is 45.4 Å². The minimum absolute atomic E-state index is 0.0291. The van der Waals surface area contributed by atoms with Crippen molar-refractivity contribution in [2.24, 2.45) is 5.92 Å². The number of benzene rings is 6. The molecule has 0 radical (unpaired) electrons. The molecule has 0 bridgehead atoms. The van der Waals surface area contributed by atoms with Gasteiger partial charge in [0.1, 0.15) is 0 Å². The van der Waals surface area contributed by atoms with E-state index in [9.17, 15) is 0 Å². The molecule has 2 unspecified atom stereocenters. The number of para-hydroxylation sites is 2. The molecule has 2 aliphatic rings. The first-order valence-electron chi connectivity index (χ1n) is 20.9. The topological polar surface area (TPSA) is 35.2 Å². The number of rotatable bonds is 7. The van der Waals surface area contributed by atoms with Gasteiger partial charge in [0.2, 0.25) is 0 Å². The van der Waals surface area contributed by atoms with E-state index in [1.54, 1.807) is 0 Å². The summed E-state index contributed by atoms with van der Waals surface area (Å²) in [6, 6.07) is 57.2. The molecule has 10 rings (SSSR count). The predicted octanol–water partition coefficient (Wildman–Crippen LogP) is 13.5. The monoisotopic (exact) mass is 963 g/mol. The normalized spacial score (nSPS) is 16.1. The van der Waals surface area contributed by atoms with Gasteiger partial charge in [-0.15, -0.1) is 0 Å². The molecule has 3 heterocycles. The molecule has 302 valence electrons. The number of ether oxygens (including phenoxy) is 1. The van der Waals surface area contributed by atoms with Crippen LogP contribution in [0.3, 0.4) is 0 Å². The van der Waals surface area contributed by atoms with Crippen LogP contribution in [0.5, 0.6) is 11.5 Å². The summed E-state index contributed by atoms with van der Waals surface area (Å²) in [5.74, 6) is 3.49. The first kappa shape index (κ1) is 38.4. The van der Waals surface area contributed by atoms with Gasteiger partial charge in [0.25, 0.3) is 0 Å². The summed E-state index contributed by atoms with van der Waals surface area (Å²) >= 11 is 2.50. The SMILES string of the molecule is CC(C)(C)c1ccnc(N2CC3CC3c3ccc(Oc4[c-]c(-n5[c](=[Pt])n(-c6c(-c7ccccc7)cc(C(C)(C)C)cc6-c6ccccc6)c6ccccc65)ccc4)[c-]c32)c1. The molecular formula is C54H48N4OPt-2. The van der Waals surface area contributed by atoms with Gasteiger partial charge in [-0.25, -0.2) is 0 Å². The summed E-state index contributed by atoms with van der Waals surface area (Å²) in [7, 11) is 0. The maximum atomic E-state index is 6.68. The third-order valence-corrected chi connectivity index (χ3v) is 13.1. The zero-order chi connectivity index (χ0) is 41.3. The van der Waals surface area contributed by atoms with Crippen molar-refractivity contribution >= 4 is 22.5 Å². The second kappa shape index (κ2) is 14.7. The molecule has 0 spiro atoms. The summed E-state index contributed by atoms with van der Waals surface area (Å²) in [5, 5.41) is 0. The molecule has 0 N–H and O–H groups in total. The molecule has 1 aliphatic heterocycles. The summed E-state index contributed by atoms with van der Waals surface area (Å²) in [5.41, 5.74) is 13.9. The van der Waals surface area contributed by atoms with Gasteiger partial charge in [-0.2, -0.15) is 0 Å². The van der Waals surface area contributed by atoms with E-state index in [4.69, 9.17) is 9.72 Å². The molecule has 1 aliphatic carbocycles. The molecule has 1 fully saturated rings. The maximum absolute atomic E-state index is 6.68. The van der Waals surface area contributed by atoms with E-state index in [0.717, 1.165) is 44.3 Å². The number of hydrogen-bond donors (Lipinski definition) is 0. The van der Waals surface area contributed by atoms with E-state index in [1.807, 2.05) is 12.3 Å². The number of fused-ring (bicyclic) bond motifs is 4. The van der Waals surface area contributed by atoms with Gasteiger partial charge in [-0.3, -0.25) is 0 Å². The van der Waals surface area contributed by atoms with Crippen molar-refractivity contribution in [2.75, 3.05) is 11.4 Å². The molecule has 2 aromatic heterocycles. The number of anilines is 2. The van der Waals surface area contributed by atoms with Crippen LogP contribution >= 0.6 is 0 Å². The molecule has 8 aromatic rings. The first-order valence-corrected chi connectivity index (χ1v) is 22.0. The van der Waals surface area contributed by atoms with E-state index in [2.05, 4.69) is 221 Å². The Kier molecular flexibility index (Phi) is 9.45. The summed E-state index contributed by atoms with van der Waals surface area (Å²) in [6.45, 7) is 14.6. The van der Waals surface area contributed by atoms with Gasteiger partial charge in [-0.05, 0) is 17.0 Å². The number of nitrogens with zero attached hydrogens (tertiary/aromatic N) is 4. The molecule has 0 amide bonds. The van der Waals surface area contributed by atoms with Crippen LogP contribution in [-0.4, -0.2) is 20.7 Å². The summed E-state index contributed by atoms with van der Waals surface area (Å²) in [4.78, 5) is 7.21. The molecular weight excluding hydrogens is 916 g/mol. The van der Waals surface area contributed by atoms with Crippen molar-refractivity contribution in [3.8, 4) is 45.1 Å². The molecule has 1 saturated carbocycles. The Hall–Kier alpha value is -5.77. The molecule has 2 atom stereocenters. The second-order valence-electron chi connectivity index (χ2n) is 18.3. The van der Waals surface area contributed by atoms with E-state index >= 15 is 0 Å². The average Bonchev–Trinajstić information content (AvgIpc) is 3.98. The zero-order valence-electron chi connectivity index (χ0n) is 34.9. The van der Waals surface area contributed by atoms with Crippen LogP contribution in [0.25, 0.3) is 44.7 Å². The fourth-order valence-corrected chi connectivity index (χ4v) is 9.81. The number of aromatic nitrogens is 3. The van der Waals surface area contributed by atoms with E-state index in [-0.39, 0.29) is 10.8 Å². The quantitative estimate of drug-likeness (QED) is 0.149. The number of pyridine rings is 1. The van der Waals surface area contributed by atoms with Gasteiger partial charge < -0.3 is 0 Å². The van der Waals surface area contributed by atoms with Crippen LogP contribution in [0.2, 0.25) is 0 Å². The van der Waals surface area contributed by atoms with Crippen LogP contribution in [0, 0.1) is 21.9 Å². The second-order valence-corrected chi connectivity index (χ2v) is 19.3. The fourth-order valence-electron chi connectivity index (χ4n) is 8.74. The van der Waals surface area contributed by atoms with Crippen LogP contribution in [-0.2, 0) is 30.2 Å². The van der Waals surface area contributed by atoms with E-state index in [0.29, 0.717) is 23.3 Å². The predicted molar refractivity (Wildman–Crippen MR) is 240 cm³/mol. The standard InChI is InChI=1S/C54H48N4O.Pt/c1-53(2,3)39-26-27-55-51(31-39)56-34-38-28-45(38)44-25-24-43(33-50(44)56)59-42-21-15-20-41(32-42)57-35-58(49-23-14-13-22-48(49)57)52-46(36-16-9-7-10-17-36)29-40(54(4,5)6)30-47(52)37-18-11-8-12-19-37;/h7-27,29-31,38,45H,28,34H2,1-6H3;/q-2;. The molecule has 5 nitrogen and oxygen atoms in total. The Labute approximate surface area is 364 Å². The third kappa shape index (κ3) is 6.97. The Bertz CT molecular complexity index is 2910. The number of imidazole rings is 1. The van der Waals surface area contributed by atoms with Crippen LogP contribution in [0.4, 0.5) is 11.5 Å². The Morgan fingerprint density at radius 2 is 1.25 bits per heavy atom. The van der Waals surface area contributed by atoms with Gasteiger partial charge >= 0.3 is 322 Å². The molecule has 0 saturated heterocycles. The first-order chi connectivity index (χ1) is 28.9. The van der Waals surface area contributed by atoms with Crippen molar-refractivity contribution in [3.63, 3.8) is 0 Å².